The molecule has 0 aliphatic carbocycles. The highest BCUT2D eigenvalue weighted by Gasteiger charge is 2.24. The van der Waals surface area contributed by atoms with Crippen molar-refractivity contribution >= 4 is 91.2 Å². The number of nitrogens with one attached hydrogen (secondary N) is 2. The molecule has 0 spiro atoms. The Balaban J connectivity index is 1.08. The molecule has 8 aromatic carbocycles. The highest BCUT2D eigenvalue weighted by atomic mass is 32.2. The minimum absolute atomic E-state index is 0.557. The lowest BCUT2D eigenvalue weighted by molar-refractivity contribution is 1.19. The van der Waals surface area contributed by atoms with Crippen molar-refractivity contribution in [1.82, 2.24) is 39.9 Å². The molecule has 0 unspecified atom stereocenters. The Hall–Kier alpha value is -7.48. The van der Waals surface area contributed by atoms with Crippen molar-refractivity contribution in [2.75, 3.05) is 0 Å². The fourth-order valence-corrected chi connectivity index (χ4v) is 12.0. The fraction of sp³-hybridized carbons (Fsp3) is 0. The van der Waals surface area contributed by atoms with Crippen LogP contribution in [0, 0.1) is 0 Å². The Bertz CT molecular complexity index is 3660. The van der Waals surface area contributed by atoms with E-state index in [4.69, 9.17) is 29.9 Å². The van der Waals surface area contributed by atoms with E-state index in [0.29, 0.717) is 45.9 Å². The Morgan fingerprint density at radius 1 is 0.235 bits per heavy atom. The lowest BCUT2D eigenvalue weighted by atomic mass is 10.1. The molecule has 2 N–H and O–H groups in total. The topological polar surface area (TPSA) is 109 Å². The average Bonchev–Trinajstić information content (AvgIpc) is 4.10. The summed E-state index contributed by atoms with van der Waals surface area (Å²) >= 11 is 6.82. The van der Waals surface area contributed by atoms with Gasteiger partial charge in [-0.3, -0.25) is 0 Å². The highest BCUT2D eigenvalue weighted by molar-refractivity contribution is 8.00. The maximum Gasteiger partial charge on any atom is 0.164 e. The predicted octanol–water partition coefficient (Wildman–Crippen LogP) is 15.5. The standard InChI is InChI=1S/C56H34N8S4/c1-5-13-33(14-6-1)65-37-21-25-41-45(29-37)53-57-49(41)62-54-47-31-39(67-35-17-9-3-10-18-35)23-27-43(47)51(59-54)64-56-48-32-40(68-36-19-11-4-12-20-36)24-28-44(48)52(60-56)63-55-46-30-38(66-34-15-7-2-8-16-34)22-26-42(46)50(58-55)61-53/h1-32H,(H2,57,58,59,60,61,62,63,64). The van der Waals surface area contributed by atoms with Gasteiger partial charge < -0.3 is 9.97 Å². The predicted molar refractivity (Wildman–Crippen MR) is 278 cm³/mol. The maximum absolute atomic E-state index is 5.37. The molecule has 5 heterocycles. The number of rotatable bonds is 8. The van der Waals surface area contributed by atoms with E-state index in [0.717, 1.165) is 83.0 Å². The van der Waals surface area contributed by atoms with Gasteiger partial charge in [0.2, 0.25) is 0 Å². The van der Waals surface area contributed by atoms with Gasteiger partial charge in [0.05, 0.1) is 0 Å². The normalized spacial score (nSPS) is 11.8. The number of aromatic amines is 2. The molecule has 2 aliphatic heterocycles. The molecule has 0 fully saturated rings. The van der Waals surface area contributed by atoms with E-state index in [1.165, 1.54) is 0 Å². The van der Waals surface area contributed by atoms with E-state index in [-0.39, 0.29) is 0 Å². The van der Waals surface area contributed by atoms with Gasteiger partial charge in [-0.1, -0.05) is 120 Å². The second kappa shape index (κ2) is 17.3. The summed E-state index contributed by atoms with van der Waals surface area (Å²) in [6, 6.07) is 67.3. The van der Waals surface area contributed by atoms with Gasteiger partial charge in [0.25, 0.3) is 0 Å². The smallest absolute Gasteiger partial charge is 0.164 e. The molecule has 12 heteroatoms. The van der Waals surface area contributed by atoms with Gasteiger partial charge >= 0.3 is 0 Å². The summed E-state index contributed by atoms with van der Waals surface area (Å²) in [5, 5.41) is 3.68. The van der Waals surface area contributed by atoms with E-state index in [9.17, 15) is 0 Å². The molecule has 2 aliphatic rings. The molecule has 0 amide bonds. The highest BCUT2D eigenvalue weighted by Crippen LogP contribution is 2.42. The molecule has 3 aromatic heterocycles. The molecule has 0 atom stereocenters. The molecular weight excluding hydrogens is 913 g/mol. The first-order valence-electron chi connectivity index (χ1n) is 21.9. The van der Waals surface area contributed by atoms with Crippen LogP contribution in [-0.4, -0.2) is 39.9 Å². The van der Waals surface area contributed by atoms with Gasteiger partial charge in [0.15, 0.2) is 23.3 Å². The van der Waals surface area contributed by atoms with Crippen molar-refractivity contribution < 1.29 is 0 Å². The largest absolute Gasteiger partial charge is 0.324 e. The first-order valence-corrected chi connectivity index (χ1v) is 25.2. The molecule has 8 nitrogen and oxygen atoms in total. The first kappa shape index (κ1) is 40.8. The molecule has 0 saturated carbocycles. The number of fused-ring (bicyclic) bond motifs is 20. The van der Waals surface area contributed by atoms with Crippen molar-refractivity contribution in [2.24, 2.45) is 0 Å². The number of aromatic nitrogens is 8. The van der Waals surface area contributed by atoms with Crippen LogP contribution in [0.25, 0.3) is 89.7 Å². The van der Waals surface area contributed by atoms with Gasteiger partial charge in [0.1, 0.15) is 22.6 Å². The zero-order valence-corrected chi connectivity index (χ0v) is 39.1. The summed E-state index contributed by atoms with van der Waals surface area (Å²) < 4.78 is 0. The number of hydrogen-bond acceptors (Lipinski definition) is 10. The van der Waals surface area contributed by atoms with Gasteiger partial charge in [-0.15, -0.1) is 0 Å². The molecule has 8 bridgehead atoms. The second-order valence-corrected chi connectivity index (χ2v) is 20.7. The van der Waals surface area contributed by atoms with Crippen LogP contribution in [0.1, 0.15) is 0 Å². The fourth-order valence-electron chi connectivity index (χ4n) is 8.46. The SMILES string of the molecule is c1ccc(Sc2ccc3c(c2)-c2nc-3nc3[nH]c(nc4nc(nc5[nH]c(n2)c2ccc(Sc6ccccc6)cc52)-c2ccc(Sc5ccccc5)cc2-4)c2ccc(Sc4ccccc4)cc32)cc1. The zero-order chi connectivity index (χ0) is 45.0. The van der Waals surface area contributed by atoms with Crippen molar-refractivity contribution in [3.63, 3.8) is 0 Å². The Labute approximate surface area is 407 Å². The second-order valence-electron chi connectivity index (χ2n) is 16.1. The molecule has 0 radical (unpaired) electrons. The van der Waals surface area contributed by atoms with E-state index < -0.39 is 0 Å². The molecular formula is C56H34N8S4. The minimum atomic E-state index is 0.557. The van der Waals surface area contributed by atoms with Crippen molar-refractivity contribution in [3.8, 4) is 45.6 Å². The summed E-state index contributed by atoms with van der Waals surface area (Å²) in [7, 11) is 0. The number of nitrogens with zero attached hydrogens (tertiary/aromatic N) is 6. The molecule has 68 heavy (non-hydrogen) atoms. The number of benzene rings is 8. The van der Waals surface area contributed by atoms with Crippen molar-refractivity contribution in [3.05, 3.63) is 194 Å². The van der Waals surface area contributed by atoms with Crippen LogP contribution in [0.2, 0.25) is 0 Å². The third-order valence-corrected chi connectivity index (χ3v) is 15.6. The van der Waals surface area contributed by atoms with Crippen LogP contribution in [-0.2, 0) is 0 Å². The van der Waals surface area contributed by atoms with Crippen molar-refractivity contribution in [1.29, 1.82) is 0 Å². The van der Waals surface area contributed by atoms with Crippen LogP contribution in [0.15, 0.2) is 233 Å². The van der Waals surface area contributed by atoms with Gasteiger partial charge in [0, 0.05) is 83.0 Å². The quantitative estimate of drug-likeness (QED) is 0.153. The molecule has 13 rings (SSSR count). The van der Waals surface area contributed by atoms with Gasteiger partial charge in [-0.05, 0) is 121 Å². The molecule has 322 valence electrons. The summed E-state index contributed by atoms with van der Waals surface area (Å²) in [4.78, 5) is 48.1. The zero-order valence-electron chi connectivity index (χ0n) is 35.8. The third-order valence-electron chi connectivity index (χ3n) is 11.6. The van der Waals surface area contributed by atoms with Crippen LogP contribution in [0.5, 0.6) is 0 Å². The van der Waals surface area contributed by atoms with Crippen LogP contribution in [0.4, 0.5) is 0 Å². The molecule has 11 aromatic rings. The monoisotopic (exact) mass is 946 g/mol. The first-order chi connectivity index (χ1) is 33.6. The summed E-state index contributed by atoms with van der Waals surface area (Å²) in [5.74, 6) is 2.23. The minimum Gasteiger partial charge on any atom is -0.324 e. The van der Waals surface area contributed by atoms with E-state index in [1.54, 1.807) is 47.0 Å². The van der Waals surface area contributed by atoms with E-state index in [1.807, 2.05) is 24.3 Å². The van der Waals surface area contributed by atoms with Gasteiger partial charge in [-0.2, -0.15) is 0 Å². The van der Waals surface area contributed by atoms with E-state index >= 15 is 0 Å². The Morgan fingerprint density at radius 3 is 0.882 bits per heavy atom. The Kier molecular flexibility index (Phi) is 10.4. The van der Waals surface area contributed by atoms with Crippen LogP contribution < -0.4 is 0 Å². The summed E-state index contributed by atoms with van der Waals surface area (Å²) in [5.41, 5.74) is 6.15. The van der Waals surface area contributed by atoms with Crippen LogP contribution in [0.3, 0.4) is 0 Å². The Morgan fingerprint density at radius 2 is 0.529 bits per heavy atom. The number of H-pyrrole nitrogens is 2. The van der Waals surface area contributed by atoms with E-state index in [2.05, 4.69) is 180 Å². The lowest BCUT2D eigenvalue weighted by Crippen LogP contribution is -1.84. The van der Waals surface area contributed by atoms with Crippen molar-refractivity contribution in [2.45, 2.75) is 39.2 Å². The number of hydrogen-bond donors (Lipinski definition) is 2. The average molecular weight is 947 g/mol. The summed E-state index contributed by atoms with van der Waals surface area (Å²) in [6.07, 6.45) is 0. The van der Waals surface area contributed by atoms with Gasteiger partial charge in [-0.25, -0.2) is 29.9 Å². The van der Waals surface area contributed by atoms with Crippen LogP contribution >= 0.6 is 47.0 Å². The third kappa shape index (κ3) is 7.90. The molecule has 0 saturated heterocycles. The maximum atomic E-state index is 5.37. The summed E-state index contributed by atoms with van der Waals surface area (Å²) in [6.45, 7) is 0. The lowest BCUT2D eigenvalue weighted by Gasteiger charge is -2.05.